The Morgan fingerprint density at radius 1 is 1.60 bits per heavy atom. The van der Waals surface area contributed by atoms with Crippen LogP contribution in [0.5, 0.6) is 0 Å². The van der Waals surface area contributed by atoms with Crippen molar-refractivity contribution >= 4 is 14.8 Å². The zero-order chi connectivity index (χ0) is 4.28. The molecule has 0 spiro atoms. The molecule has 0 aliphatic rings. The normalized spacial score (nSPS) is 9.60. The third-order valence-electron chi connectivity index (χ3n) is 0.408. The van der Waals surface area contributed by atoms with Gasteiger partial charge in [-0.3, -0.25) is 0 Å². The first-order valence-corrected chi connectivity index (χ1v) is 5.54. The molecule has 0 aliphatic heterocycles. The molecule has 0 aromatic rings. The Labute approximate surface area is 37.1 Å². The van der Waals surface area contributed by atoms with Gasteiger partial charge in [0.25, 0.3) is 0 Å². The molecule has 0 amide bonds. The Hall–Kier alpha value is 0.463. The van der Waals surface area contributed by atoms with Gasteiger partial charge in [0, 0.05) is 0 Å². The van der Waals surface area contributed by atoms with E-state index in [0.717, 1.165) is 5.25 Å². The van der Waals surface area contributed by atoms with Gasteiger partial charge in [-0.15, -0.1) is 0 Å². The topological polar surface area (TPSA) is 52.0 Å². The van der Waals surface area contributed by atoms with Crippen molar-refractivity contribution in [3.63, 3.8) is 0 Å². The maximum absolute atomic E-state index is 5.24. The molecule has 0 bridgehead atoms. The molecule has 0 saturated carbocycles. The first kappa shape index (κ1) is 5.46. The van der Waals surface area contributed by atoms with Crippen molar-refractivity contribution < 1.29 is 0 Å². The summed E-state index contributed by atoms with van der Waals surface area (Å²) in [6, 6.07) is 0. The van der Waals surface area contributed by atoms with Crippen LogP contribution in [0.15, 0.2) is 0 Å². The Kier molecular flexibility index (Phi) is 2.94. The number of rotatable bonds is 1. The van der Waals surface area contributed by atoms with Crippen LogP contribution in [-0.4, -0.2) is 14.8 Å². The molecule has 4 N–H and O–H groups in total. The molecule has 0 fully saturated rings. The monoisotopic (exact) mass is 135 g/mol. The third kappa shape index (κ3) is 4.46. The van der Waals surface area contributed by atoms with Gasteiger partial charge in [0.05, 0.1) is 0 Å². The van der Waals surface area contributed by atoms with Crippen molar-refractivity contribution in [3.8, 4) is 0 Å². The molecule has 0 saturated heterocycles. The molecule has 0 rings (SSSR count). The second-order valence-electron chi connectivity index (χ2n) is 0.928. The number of nitrogens with two attached hydrogens (primary N) is 2. The van der Waals surface area contributed by atoms with Crippen LogP contribution in [0.2, 0.25) is 5.25 Å². The quantitative estimate of drug-likeness (QED) is 0.470. The van der Waals surface area contributed by atoms with E-state index in [-0.39, 0.29) is 0 Å². The molecule has 5 heavy (non-hydrogen) atoms. The summed E-state index contributed by atoms with van der Waals surface area (Å²) in [5.41, 5.74) is 0. The van der Waals surface area contributed by atoms with Crippen molar-refractivity contribution in [2.24, 2.45) is 9.38 Å². The van der Waals surface area contributed by atoms with Crippen molar-refractivity contribution in [2.75, 3.05) is 0 Å². The van der Waals surface area contributed by atoms with Crippen LogP contribution in [0.1, 0.15) is 6.92 Å². The fourth-order valence-corrected chi connectivity index (χ4v) is 0. The molecule has 0 aromatic heterocycles. The van der Waals surface area contributed by atoms with Crippen LogP contribution in [0.4, 0.5) is 0 Å². The van der Waals surface area contributed by atoms with Crippen LogP contribution in [0.25, 0.3) is 0 Å². The summed E-state index contributed by atoms with van der Waals surface area (Å²) in [4.78, 5) is 0. The SMILES string of the molecule is C[CH2][Ge]([NH2])[NH2]. The van der Waals surface area contributed by atoms with E-state index in [0.29, 0.717) is 0 Å². The average molecular weight is 134 g/mol. The predicted octanol–water partition coefficient (Wildman–Crippen LogP) is -0.588. The summed E-state index contributed by atoms with van der Waals surface area (Å²) >= 11 is -1.36. The summed E-state index contributed by atoms with van der Waals surface area (Å²) in [7, 11) is 0. The van der Waals surface area contributed by atoms with Crippen molar-refractivity contribution in [3.05, 3.63) is 0 Å². The van der Waals surface area contributed by atoms with Gasteiger partial charge in [0.1, 0.15) is 0 Å². The molecule has 0 atom stereocenters. The van der Waals surface area contributed by atoms with Gasteiger partial charge in [0.2, 0.25) is 0 Å². The first-order chi connectivity index (χ1) is 2.27. The fourth-order valence-electron chi connectivity index (χ4n) is 0. The van der Waals surface area contributed by atoms with Gasteiger partial charge >= 0.3 is 36.4 Å². The first-order valence-electron chi connectivity index (χ1n) is 1.64. The molecule has 0 heterocycles. The zero-order valence-corrected chi connectivity index (χ0v) is 5.46. The van der Waals surface area contributed by atoms with Crippen LogP contribution in [0, 0.1) is 0 Å². The van der Waals surface area contributed by atoms with E-state index in [1.165, 1.54) is 0 Å². The second kappa shape index (κ2) is 2.69. The summed E-state index contributed by atoms with van der Waals surface area (Å²) < 4.78 is 10.5. The minimum atomic E-state index is -1.36. The van der Waals surface area contributed by atoms with Gasteiger partial charge in [-0.1, -0.05) is 0 Å². The minimum absolute atomic E-state index is 1.03. The molecule has 0 aliphatic carbocycles. The average Bonchev–Trinajstić information content (AvgIpc) is 1.38. The molecule has 0 unspecified atom stereocenters. The van der Waals surface area contributed by atoms with Crippen LogP contribution in [0.3, 0.4) is 0 Å². The van der Waals surface area contributed by atoms with Crippen molar-refractivity contribution in [1.82, 2.24) is 0 Å². The summed E-state index contributed by atoms with van der Waals surface area (Å²) in [6.45, 7) is 2.02. The van der Waals surface area contributed by atoms with Crippen LogP contribution in [-0.2, 0) is 0 Å². The Morgan fingerprint density at radius 2 is 1.80 bits per heavy atom. The molecular weight excluding hydrogens is 125 g/mol. The second-order valence-corrected chi connectivity index (χ2v) is 4.82. The van der Waals surface area contributed by atoms with Gasteiger partial charge in [-0.05, 0) is 0 Å². The molecular formula is C2H9GeN2. The summed E-state index contributed by atoms with van der Waals surface area (Å²) in [5, 5.41) is 1.03. The van der Waals surface area contributed by atoms with E-state index in [1.807, 2.05) is 6.92 Å². The Morgan fingerprint density at radius 3 is 1.80 bits per heavy atom. The Bertz CT molecular complexity index is 21.6. The van der Waals surface area contributed by atoms with E-state index >= 15 is 0 Å². The molecule has 0 aromatic carbocycles. The summed E-state index contributed by atoms with van der Waals surface area (Å²) in [6.07, 6.45) is 0. The molecule has 3 heteroatoms. The zero-order valence-electron chi connectivity index (χ0n) is 3.36. The Balaban J connectivity index is 2.54. The van der Waals surface area contributed by atoms with Crippen LogP contribution < -0.4 is 9.38 Å². The van der Waals surface area contributed by atoms with E-state index in [1.54, 1.807) is 0 Å². The molecule has 2 nitrogen and oxygen atoms in total. The van der Waals surface area contributed by atoms with Crippen LogP contribution >= 0.6 is 0 Å². The molecule has 31 valence electrons. The van der Waals surface area contributed by atoms with Gasteiger partial charge in [-0.2, -0.15) is 0 Å². The van der Waals surface area contributed by atoms with E-state index in [9.17, 15) is 0 Å². The van der Waals surface area contributed by atoms with E-state index < -0.39 is 14.8 Å². The standard InChI is InChI=1S/C2H9GeN2/c1-2-3(4)5/h2,4-5H2,1H3. The van der Waals surface area contributed by atoms with Crippen molar-refractivity contribution in [1.29, 1.82) is 0 Å². The summed E-state index contributed by atoms with van der Waals surface area (Å²) in [5.74, 6) is 0. The van der Waals surface area contributed by atoms with E-state index in [4.69, 9.17) is 9.38 Å². The van der Waals surface area contributed by atoms with Crippen molar-refractivity contribution in [2.45, 2.75) is 12.2 Å². The number of hydrogen-bond donors (Lipinski definition) is 2. The fraction of sp³-hybridized carbons (Fsp3) is 1.00. The van der Waals surface area contributed by atoms with Gasteiger partial charge in [-0.25, -0.2) is 0 Å². The number of hydrogen-bond acceptors (Lipinski definition) is 2. The maximum atomic E-state index is 5.24. The van der Waals surface area contributed by atoms with Gasteiger partial charge in [0.15, 0.2) is 0 Å². The molecule has 1 radical (unpaired) electrons. The van der Waals surface area contributed by atoms with E-state index in [2.05, 4.69) is 0 Å². The van der Waals surface area contributed by atoms with Gasteiger partial charge < -0.3 is 0 Å². The predicted molar refractivity (Wildman–Crippen MR) is 24.6 cm³/mol. The third-order valence-corrected chi connectivity index (χ3v) is 2.12.